The highest BCUT2D eigenvalue weighted by Crippen LogP contribution is 2.12. The van der Waals surface area contributed by atoms with Crippen molar-refractivity contribution in [2.75, 3.05) is 13.2 Å². The number of hydrogen-bond acceptors (Lipinski definition) is 6. The summed E-state index contributed by atoms with van der Waals surface area (Å²) in [4.78, 5) is 38.0. The van der Waals surface area contributed by atoms with Crippen molar-refractivity contribution in [1.82, 2.24) is 0 Å². The highest BCUT2D eigenvalue weighted by Gasteiger charge is 2.19. The first-order valence-electron chi connectivity index (χ1n) is 26.7. The molecule has 0 aromatic heterocycles. The lowest BCUT2D eigenvalue weighted by atomic mass is 10.1. The second-order valence-electron chi connectivity index (χ2n) is 17.0. The van der Waals surface area contributed by atoms with E-state index >= 15 is 0 Å². The molecule has 0 aromatic rings. The fraction of sp³-hybridized carbons (Fsp3) is 0.590. The van der Waals surface area contributed by atoms with Crippen molar-refractivity contribution >= 4 is 17.9 Å². The largest absolute Gasteiger partial charge is 0.462 e. The first-order valence-corrected chi connectivity index (χ1v) is 26.7. The Hall–Kier alpha value is -4.45. The lowest BCUT2D eigenvalue weighted by Gasteiger charge is -2.18. The highest BCUT2D eigenvalue weighted by molar-refractivity contribution is 5.71. The molecule has 0 saturated carbocycles. The summed E-state index contributed by atoms with van der Waals surface area (Å²) in [6, 6.07) is 0. The monoisotopic (exact) mass is 925 g/mol. The average molecular weight is 925 g/mol. The summed E-state index contributed by atoms with van der Waals surface area (Å²) >= 11 is 0. The number of ether oxygens (including phenoxy) is 3. The molecule has 0 radical (unpaired) electrons. The number of rotatable bonds is 46. The third-order valence-corrected chi connectivity index (χ3v) is 10.6. The van der Waals surface area contributed by atoms with Crippen LogP contribution < -0.4 is 0 Å². The van der Waals surface area contributed by atoms with Gasteiger partial charge in [-0.3, -0.25) is 14.4 Å². The van der Waals surface area contributed by atoms with Crippen molar-refractivity contribution in [2.24, 2.45) is 0 Å². The van der Waals surface area contributed by atoms with Crippen molar-refractivity contribution in [1.29, 1.82) is 0 Å². The summed E-state index contributed by atoms with van der Waals surface area (Å²) in [5.41, 5.74) is 0. The molecule has 1 atom stereocenters. The molecule has 0 rings (SSSR count). The lowest BCUT2D eigenvalue weighted by molar-refractivity contribution is -0.166. The molecule has 376 valence electrons. The van der Waals surface area contributed by atoms with Crippen LogP contribution in [0.25, 0.3) is 0 Å². The summed E-state index contributed by atoms with van der Waals surface area (Å²) in [7, 11) is 0. The van der Waals surface area contributed by atoms with Gasteiger partial charge in [-0.05, 0) is 122 Å². The van der Waals surface area contributed by atoms with Crippen LogP contribution in [0.1, 0.15) is 213 Å². The molecule has 6 nitrogen and oxygen atoms in total. The van der Waals surface area contributed by atoms with Gasteiger partial charge < -0.3 is 14.2 Å². The van der Waals surface area contributed by atoms with Gasteiger partial charge in [0.2, 0.25) is 0 Å². The molecule has 0 aliphatic heterocycles. The molecule has 0 aliphatic carbocycles. The maximum absolute atomic E-state index is 12.8. The van der Waals surface area contributed by atoms with Crippen LogP contribution in [0.3, 0.4) is 0 Å². The zero-order chi connectivity index (χ0) is 48.6. The van der Waals surface area contributed by atoms with Crippen molar-refractivity contribution in [3.8, 4) is 0 Å². The van der Waals surface area contributed by atoms with E-state index in [2.05, 4.69) is 142 Å². The molecule has 0 aliphatic rings. The van der Waals surface area contributed by atoms with Gasteiger partial charge in [-0.2, -0.15) is 0 Å². The third-order valence-electron chi connectivity index (χ3n) is 10.6. The summed E-state index contributed by atoms with van der Waals surface area (Å²) in [6.45, 7) is 6.28. The number of hydrogen-bond donors (Lipinski definition) is 0. The molecule has 0 fully saturated rings. The van der Waals surface area contributed by atoms with Crippen LogP contribution in [-0.2, 0) is 28.6 Å². The number of esters is 3. The first kappa shape index (κ1) is 62.5. The minimum Gasteiger partial charge on any atom is -0.462 e. The quantitative estimate of drug-likeness (QED) is 0.0262. The fourth-order valence-electron chi connectivity index (χ4n) is 6.69. The Kier molecular flexibility index (Phi) is 50.6. The molecule has 0 saturated heterocycles. The van der Waals surface area contributed by atoms with Crippen LogP contribution in [0.5, 0.6) is 0 Å². The van der Waals surface area contributed by atoms with E-state index < -0.39 is 6.10 Å². The molecule has 0 heterocycles. The Bertz CT molecular complexity index is 1480. The number of unbranched alkanes of at least 4 members (excludes halogenated alkanes) is 13. The smallest absolute Gasteiger partial charge is 0.306 e. The summed E-state index contributed by atoms with van der Waals surface area (Å²) in [6.07, 6.45) is 75.9. The third kappa shape index (κ3) is 52.4. The highest BCUT2D eigenvalue weighted by atomic mass is 16.6. The predicted molar refractivity (Wildman–Crippen MR) is 288 cm³/mol. The van der Waals surface area contributed by atoms with Crippen molar-refractivity contribution in [3.05, 3.63) is 134 Å². The van der Waals surface area contributed by atoms with E-state index in [1.807, 2.05) is 12.2 Å². The van der Waals surface area contributed by atoms with Gasteiger partial charge >= 0.3 is 17.9 Å². The molecular formula is C61H96O6. The standard InChI is InChI=1S/C61H96O6/c1-4-7-10-13-16-19-22-25-28-29-30-31-34-36-39-42-45-48-51-54-60(63)66-57-58(67-61(64)55-52-49-46-43-40-37-33-27-24-21-18-15-12-9-6-3)56-65-59(62)53-50-47-44-41-38-35-32-26-23-20-17-14-11-8-5-2/h7-8,10-11,16-21,25-28,30-33,36,39,45,48,58H,4-6,9,12-15,22-24,29,34-35,37-38,40-44,46-47,49-57H2,1-3H3/t58-/m1/s1. The van der Waals surface area contributed by atoms with Crippen LogP contribution in [0, 0.1) is 0 Å². The molecule has 0 amide bonds. The zero-order valence-electron chi connectivity index (χ0n) is 42.9. The molecule has 6 heteroatoms. The van der Waals surface area contributed by atoms with E-state index in [4.69, 9.17) is 14.2 Å². The van der Waals surface area contributed by atoms with Crippen LogP contribution >= 0.6 is 0 Å². The second-order valence-corrected chi connectivity index (χ2v) is 17.0. The minimum atomic E-state index is -0.828. The van der Waals surface area contributed by atoms with Crippen LogP contribution in [-0.4, -0.2) is 37.2 Å². The van der Waals surface area contributed by atoms with Gasteiger partial charge in [-0.25, -0.2) is 0 Å². The summed E-state index contributed by atoms with van der Waals surface area (Å²) in [5.74, 6) is -1.05. The second kappa shape index (κ2) is 54.2. The van der Waals surface area contributed by atoms with E-state index in [0.29, 0.717) is 12.8 Å². The molecule has 0 unspecified atom stereocenters. The van der Waals surface area contributed by atoms with Crippen LogP contribution in [0.15, 0.2) is 134 Å². The Morgan fingerprint density at radius 2 is 0.612 bits per heavy atom. The van der Waals surface area contributed by atoms with Gasteiger partial charge in [-0.1, -0.05) is 206 Å². The average Bonchev–Trinajstić information content (AvgIpc) is 3.33. The van der Waals surface area contributed by atoms with Crippen LogP contribution in [0.2, 0.25) is 0 Å². The maximum atomic E-state index is 12.8. The van der Waals surface area contributed by atoms with E-state index in [1.54, 1.807) is 0 Å². The maximum Gasteiger partial charge on any atom is 0.306 e. The number of carbonyl (C=O) groups is 3. The van der Waals surface area contributed by atoms with Gasteiger partial charge in [0, 0.05) is 19.3 Å². The normalized spacial score (nSPS) is 13.2. The van der Waals surface area contributed by atoms with Crippen molar-refractivity contribution in [2.45, 2.75) is 219 Å². The van der Waals surface area contributed by atoms with E-state index in [1.165, 1.54) is 25.7 Å². The van der Waals surface area contributed by atoms with E-state index in [-0.39, 0.29) is 44.0 Å². The molecular weight excluding hydrogens is 829 g/mol. The van der Waals surface area contributed by atoms with Crippen LogP contribution in [0.4, 0.5) is 0 Å². The molecule has 67 heavy (non-hydrogen) atoms. The van der Waals surface area contributed by atoms with E-state index in [9.17, 15) is 14.4 Å². The Labute approximate surface area is 411 Å². The van der Waals surface area contributed by atoms with Gasteiger partial charge in [0.05, 0.1) is 0 Å². The molecule has 0 spiro atoms. The molecule has 0 N–H and O–H groups in total. The molecule has 0 aromatic carbocycles. The summed E-state index contributed by atoms with van der Waals surface area (Å²) in [5, 5.41) is 0. The number of carbonyl (C=O) groups excluding carboxylic acids is 3. The van der Waals surface area contributed by atoms with Gasteiger partial charge in [0.1, 0.15) is 13.2 Å². The van der Waals surface area contributed by atoms with Gasteiger partial charge in [0.15, 0.2) is 6.10 Å². The zero-order valence-corrected chi connectivity index (χ0v) is 42.9. The Morgan fingerprint density at radius 1 is 0.313 bits per heavy atom. The lowest BCUT2D eigenvalue weighted by Crippen LogP contribution is -2.30. The Balaban J connectivity index is 4.58. The number of allylic oxidation sites excluding steroid dienone is 22. The minimum absolute atomic E-state index is 0.121. The fourth-order valence-corrected chi connectivity index (χ4v) is 6.69. The van der Waals surface area contributed by atoms with E-state index in [0.717, 1.165) is 141 Å². The van der Waals surface area contributed by atoms with Gasteiger partial charge in [0.25, 0.3) is 0 Å². The summed E-state index contributed by atoms with van der Waals surface area (Å²) < 4.78 is 16.7. The van der Waals surface area contributed by atoms with Gasteiger partial charge in [-0.15, -0.1) is 0 Å². The SMILES string of the molecule is CCC=CCC=CCC=CCC=CCC=CCC=CCCC(=O)OC[C@@H](COC(=O)CCCCCCCC=CCC=CCC=CCC)OC(=O)CCCCCCCC=CCC=CCCCCC. The molecule has 0 bridgehead atoms. The first-order chi connectivity index (χ1) is 33.0. The Morgan fingerprint density at radius 3 is 1.00 bits per heavy atom. The predicted octanol–water partition coefficient (Wildman–Crippen LogP) is 17.9. The topological polar surface area (TPSA) is 78.9 Å². The van der Waals surface area contributed by atoms with Crippen molar-refractivity contribution in [3.63, 3.8) is 0 Å². The van der Waals surface area contributed by atoms with Crippen molar-refractivity contribution < 1.29 is 28.6 Å².